The minimum atomic E-state index is -1.23. The highest BCUT2D eigenvalue weighted by molar-refractivity contribution is 5.92. The SMILES string of the molecule is CC(C)CC(N)C(=O)NC(CCC(=O)O)C(=O)NCC(=O)NC(Cc1ccccc1)C(=O)O. The van der Waals surface area contributed by atoms with Crippen LogP contribution in [0.25, 0.3) is 0 Å². The van der Waals surface area contributed by atoms with Gasteiger partial charge in [0.1, 0.15) is 12.1 Å². The van der Waals surface area contributed by atoms with Gasteiger partial charge in [-0.05, 0) is 24.3 Å². The van der Waals surface area contributed by atoms with Crippen molar-refractivity contribution < 1.29 is 34.2 Å². The first kappa shape index (κ1) is 27.6. The van der Waals surface area contributed by atoms with Crippen molar-refractivity contribution in [1.82, 2.24) is 16.0 Å². The Morgan fingerprint density at radius 2 is 1.58 bits per heavy atom. The van der Waals surface area contributed by atoms with Crippen LogP contribution in [0.5, 0.6) is 0 Å². The van der Waals surface area contributed by atoms with Crippen LogP contribution >= 0.6 is 0 Å². The van der Waals surface area contributed by atoms with E-state index in [-0.39, 0.29) is 25.2 Å². The maximum atomic E-state index is 12.5. The van der Waals surface area contributed by atoms with Crippen LogP contribution in [0.15, 0.2) is 30.3 Å². The molecule has 11 heteroatoms. The zero-order chi connectivity index (χ0) is 25.0. The second-order valence-electron chi connectivity index (χ2n) is 8.10. The normalized spacial score (nSPS) is 13.5. The van der Waals surface area contributed by atoms with Gasteiger partial charge in [0.25, 0.3) is 0 Å². The molecular weight excluding hydrogens is 432 g/mol. The van der Waals surface area contributed by atoms with E-state index in [2.05, 4.69) is 16.0 Å². The van der Waals surface area contributed by atoms with E-state index in [0.29, 0.717) is 12.0 Å². The van der Waals surface area contributed by atoms with Gasteiger partial charge in [0.2, 0.25) is 17.7 Å². The summed E-state index contributed by atoms with van der Waals surface area (Å²) < 4.78 is 0. The molecule has 7 N–H and O–H groups in total. The number of rotatable bonds is 14. The van der Waals surface area contributed by atoms with E-state index in [1.807, 2.05) is 13.8 Å². The quantitative estimate of drug-likeness (QED) is 0.215. The molecule has 3 amide bonds. The van der Waals surface area contributed by atoms with Gasteiger partial charge in [0, 0.05) is 12.8 Å². The van der Waals surface area contributed by atoms with E-state index in [0.717, 1.165) is 0 Å². The van der Waals surface area contributed by atoms with Gasteiger partial charge < -0.3 is 31.9 Å². The molecule has 11 nitrogen and oxygen atoms in total. The van der Waals surface area contributed by atoms with Crippen LogP contribution in [0.1, 0.15) is 38.7 Å². The third-order valence-electron chi connectivity index (χ3n) is 4.68. The number of nitrogens with one attached hydrogen (secondary N) is 3. The van der Waals surface area contributed by atoms with Gasteiger partial charge in [0.05, 0.1) is 12.6 Å². The van der Waals surface area contributed by atoms with Gasteiger partial charge in [-0.25, -0.2) is 4.79 Å². The van der Waals surface area contributed by atoms with E-state index >= 15 is 0 Å². The summed E-state index contributed by atoms with van der Waals surface area (Å²) in [4.78, 5) is 59.3. The number of hydrogen-bond acceptors (Lipinski definition) is 6. The van der Waals surface area contributed by atoms with Gasteiger partial charge in [-0.15, -0.1) is 0 Å². The van der Waals surface area contributed by atoms with Gasteiger partial charge in [0.15, 0.2) is 0 Å². The summed E-state index contributed by atoms with van der Waals surface area (Å²) in [7, 11) is 0. The summed E-state index contributed by atoms with van der Waals surface area (Å²) in [5, 5.41) is 25.3. The first-order valence-electron chi connectivity index (χ1n) is 10.6. The van der Waals surface area contributed by atoms with Crippen molar-refractivity contribution in [3.8, 4) is 0 Å². The summed E-state index contributed by atoms with van der Waals surface area (Å²) in [6, 6.07) is 5.44. The van der Waals surface area contributed by atoms with Crippen LogP contribution in [-0.4, -0.2) is 64.5 Å². The molecule has 0 saturated heterocycles. The van der Waals surface area contributed by atoms with Gasteiger partial charge in [-0.1, -0.05) is 44.2 Å². The van der Waals surface area contributed by atoms with Crippen LogP contribution in [0.4, 0.5) is 0 Å². The topological polar surface area (TPSA) is 188 Å². The van der Waals surface area contributed by atoms with Crippen LogP contribution in [0.3, 0.4) is 0 Å². The smallest absolute Gasteiger partial charge is 0.326 e. The average molecular weight is 465 g/mol. The molecule has 0 bridgehead atoms. The Morgan fingerprint density at radius 3 is 2.12 bits per heavy atom. The van der Waals surface area contributed by atoms with Crippen molar-refractivity contribution in [1.29, 1.82) is 0 Å². The molecule has 0 aromatic heterocycles. The predicted molar refractivity (Wildman–Crippen MR) is 119 cm³/mol. The van der Waals surface area contributed by atoms with E-state index in [1.165, 1.54) is 0 Å². The van der Waals surface area contributed by atoms with Gasteiger partial charge in [-0.2, -0.15) is 0 Å². The number of aliphatic carboxylic acids is 2. The zero-order valence-corrected chi connectivity index (χ0v) is 18.7. The molecular formula is C22H32N4O7. The summed E-state index contributed by atoms with van der Waals surface area (Å²) in [5.41, 5.74) is 6.52. The Kier molecular flexibility index (Phi) is 11.6. The number of hydrogen-bond donors (Lipinski definition) is 6. The number of carboxylic acids is 2. The lowest BCUT2D eigenvalue weighted by Crippen LogP contribution is -2.53. The Morgan fingerprint density at radius 1 is 0.939 bits per heavy atom. The molecule has 3 atom stereocenters. The highest BCUT2D eigenvalue weighted by Gasteiger charge is 2.26. The molecule has 3 unspecified atom stereocenters. The molecule has 0 spiro atoms. The molecule has 0 saturated carbocycles. The standard InChI is InChI=1S/C22H32N4O7/c1-13(2)10-15(23)20(30)26-16(8-9-19(28)29)21(31)24-12-18(27)25-17(22(32)33)11-14-6-4-3-5-7-14/h3-7,13,15-17H,8-12,23H2,1-2H3,(H,24,31)(H,25,27)(H,26,30)(H,28,29)(H,32,33). The van der Waals surface area contributed by atoms with Crippen molar-refractivity contribution in [2.24, 2.45) is 11.7 Å². The first-order valence-corrected chi connectivity index (χ1v) is 10.6. The van der Waals surface area contributed by atoms with Crippen molar-refractivity contribution >= 4 is 29.7 Å². The second-order valence-corrected chi connectivity index (χ2v) is 8.10. The third-order valence-corrected chi connectivity index (χ3v) is 4.68. The minimum absolute atomic E-state index is 0.0564. The summed E-state index contributed by atoms with van der Waals surface area (Å²) in [5.74, 6) is -4.37. The maximum absolute atomic E-state index is 12.5. The van der Waals surface area contributed by atoms with Gasteiger partial charge >= 0.3 is 11.9 Å². The first-order chi connectivity index (χ1) is 15.5. The van der Waals surface area contributed by atoms with Crippen molar-refractivity contribution in [3.63, 3.8) is 0 Å². The van der Waals surface area contributed by atoms with Crippen molar-refractivity contribution in [2.75, 3.05) is 6.54 Å². The molecule has 0 fully saturated rings. The molecule has 0 radical (unpaired) electrons. The van der Waals surface area contributed by atoms with Crippen LogP contribution in [0, 0.1) is 5.92 Å². The number of nitrogens with two attached hydrogens (primary N) is 1. The van der Waals surface area contributed by atoms with E-state index in [9.17, 15) is 29.1 Å². The molecule has 1 rings (SSSR count). The monoisotopic (exact) mass is 464 g/mol. The van der Waals surface area contributed by atoms with Crippen LogP contribution < -0.4 is 21.7 Å². The molecule has 1 aromatic carbocycles. The average Bonchev–Trinajstić information content (AvgIpc) is 2.74. The third kappa shape index (κ3) is 11.1. The lowest BCUT2D eigenvalue weighted by Gasteiger charge is -2.21. The maximum Gasteiger partial charge on any atom is 0.326 e. The number of carbonyl (C=O) groups excluding carboxylic acids is 3. The highest BCUT2D eigenvalue weighted by Crippen LogP contribution is 2.05. The summed E-state index contributed by atoms with van der Waals surface area (Å²) in [6.45, 7) is 3.21. The summed E-state index contributed by atoms with van der Waals surface area (Å²) in [6.07, 6.45) is -0.156. The molecule has 1 aromatic rings. The number of benzene rings is 1. The molecule has 0 aliphatic heterocycles. The lowest BCUT2D eigenvalue weighted by molar-refractivity contribution is -0.141. The van der Waals surface area contributed by atoms with Gasteiger partial charge in [-0.3, -0.25) is 19.2 Å². The molecule has 0 aliphatic carbocycles. The molecule has 33 heavy (non-hydrogen) atoms. The summed E-state index contributed by atoms with van der Waals surface area (Å²) >= 11 is 0. The fraction of sp³-hybridized carbons (Fsp3) is 0.500. The minimum Gasteiger partial charge on any atom is -0.481 e. The largest absolute Gasteiger partial charge is 0.481 e. The number of carboxylic acid groups (broad SMARTS) is 2. The Labute approximate surface area is 192 Å². The molecule has 182 valence electrons. The fourth-order valence-electron chi connectivity index (χ4n) is 3.02. The number of amides is 3. The highest BCUT2D eigenvalue weighted by atomic mass is 16.4. The van der Waals surface area contributed by atoms with Crippen molar-refractivity contribution in [2.45, 2.75) is 57.7 Å². The Hall–Kier alpha value is -3.47. The van der Waals surface area contributed by atoms with Crippen molar-refractivity contribution in [3.05, 3.63) is 35.9 Å². The fourth-order valence-corrected chi connectivity index (χ4v) is 3.02. The van der Waals surface area contributed by atoms with Crippen LogP contribution in [0.2, 0.25) is 0 Å². The van der Waals surface area contributed by atoms with E-state index in [1.54, 1.807) is 30.3 Å². The Balaban J connectivity index is 2.69. The van der Waals surface area contributed by atoms with E-state index < -0.39 is 54.3 Å². The lowest BCUT2D eigenvalue weighted by atomic mass is 10.0. The zero-order valence-electron chi connectivity index (χ0n) is 18.7. The predicted octanol–water partition coefficient (Wildman–Crippen LogP) is -0.362. The van der Waals surface area contributed by atoms with Crippen LogP contribution in [-0.2, 0) is 30.4 Å². The van der Waals surface area contributed by atoms with E-state index in [4.69, 9.17) is 10.8 Å². The Bertz CT molecular complexity index is 829. The molecule has 0 aliphatic rings. The number of carbonyl (C=O) groups is 5. The molecule has 0 heterocycles. The second kappa shape index (κ2) is 13.8.